The Balaban J connectivity index is 1.35. The van der Waals surface area contributed by atoms with Gasteiger partial charge in [0.1, 0.15) is 0 Å². The number of sulfonamides is 1. The molecule has 1 saturated heterocycles. The minimum absolute atomic E-state index is 0.136. The Morgan fingerprint density at radius 1 is 1.21 bits per heavy atom. The topological polar surface area (TPSA) is 113 Å². The van der Waals surface area contributed by atoms with Gasteiger partial charge in [-0.3, -0.25) is 4.79 Å². The van der Waals surface area contributed by atoms with Gasteiger partial charge in [-0.05, 0) is 61.8 Å². The number of aromatic nitrogens is 1. The standard InChI is InChI=1S/C20H23N3O5S/c1-10-19(28-11(2)21-10)20(25)22-14-3-5-15(6-4-14)29(26,27)23-9-13-7-12-8-16(13)17(23)18(12)24/h3-6,12-13,16-18,24H,7-9H2,1-2H3,(H,22,25). The van der Waals surface area contributed by atoms with E-state index in [0.29, 0.717) is 29.7 Å². The van der Waals surface area contributed by atoms with E-state index in [1.165, 1.54) is 16.4 Å². The Hall–Kier alpha value is -2.23. The number of carbonyl (C=O) groups is 1. The molecule has 2 bridgehead atoms. The van der Waals surface area contributed by atoms with Crippen molar-refractivity contribution in [3.63, 3.8) is 0 Å². The van der Waals surface area contributed by atoms with Crippen LogP contribution in [0.2, 0.25) is 0 Å². The van der Waals surface area contributed by atoms with Crippen LogP contribution in [0.15, 0.2) is 33.6 Å². The molecule has 2 saturated carbocycles. The quantitative estimate of drug-likeness (QED) is 0.786. The van der Waals surface area contributed by atoms with E-state index >= 15 is 0 Å². The van der Waals surface area contributed by atoms with Crippen molar-refractivity contribution in [1.29, 1.82) is 0 Å². The summed E-state index contributed by atoms with van der Waals surface area (Å²) in [6.45, 7) is 3.83. The monoisotopic (exact) mass is 417 g/mol. The summed E-state index contributed by atoms with van der Waals surface area (Å²) in [5.41, 5.74) is 0.959. The van der Waals surface area contributed by atoms with E-state index in [4.69, 9.17) is 4.42 Å². The van der Waals surface area contributed by atoms with Crippen molar-refractivity contribution < 1.29 is 22.7 Å². The SMILES string of the molecule is Cc1nc(C)c(C(=O)Nc2ccc(S(=O)(=O)N3CC4CC5CC4C3C5O)cc2)o1. The number of anilines is 1. The fourth-order valence-corrected chi connectivity index (χ4v) is 7.15. The van der Waals surface area contributed by atoms with Crippen LogP contribution in [0.4, 0.5) is 5.69 Å². The van der Waals surface area contributed by atoms with Crippen LogP contribution in [0, 0.1) is 31.6 Å². The Bertz CT molecular complexity index is 1080. The van der Waals surface area contributed by atoms with Gasteiger partial charge in [-0.15, -0.1) is 0 Å². The Morgan fingerprint density at radius 3 is 2.55 bits per heavy atom. The molecule has 0 radical (unpaired) electrons. The van der Waals surface area contributed by atoms with Gasteiger partial charge in [-0.25, -0.2) is 13.4 Å². The third-order valence-electron chi connectivity index (χ3n) is 6.63. The van der Waals surface area contributed by atoms with Crippen LogP contribution in [-0.2, 0) is 10.0 Å². The smallest absolute Gasteiger partial charge is 0.293 e. The second-order valence-electron chi connectivity index (χ2n) is 8.34. The van der Waals surface area contributed by atoms with Crippen molar-refractivity contribution in [2.45, 2.75) is 43.7 Å². The molecule has 1 amide bonds. The number of rotatable bonds is 4. The first-order valence-corrected chi connectivity index (χ1v) is 11.2. The minimum atomic E-state index is -3.70. The molecule has 1 aromatic heterocycles. The number of aliphatic hydroxyl groups is 1. The van der Waals surface area contributed by atoms with Crippen LogP contribution in [0.5, 0.6) is 0 Å². The lowest BCUT2D eigenvalue weighted by Crippen LogP contribution is -2.43. The molecule has 29 heavy (non-hydrogen) atoms. The first-order chi connectivity index (χ1) is 13.8. The lowest BCUT2D eigenvalue weighted by atomic mass is 9.88. The number of nitrogens with zero attached hydrogens (tertiary/aromatic N) is 2. The van der Waals surface area contributed by atoms with Crippen LogP contribution in [0.3, 0.4) is 0 Å². The number of benzene rings is 1. The number of hydrogen-bond acceptors (Lipinski definition) is 6. The van der Waals surface area contributed by atoms with E-state index in [1.54, 1.807) is 26.0 Å². The molecule has 1 aromatic carbocycles. The summed E-state index contributed by atoms with van der Waals surface area (Å²) in [4.78, 5) is 16.6. The number of aryl methyl sites for hydroxylation is 2. The van der Waals surface area contributed by atoms with Gasteiger partial charge in [0.2, 0.25) is 15.8 Å². The molecule has 5 rings (SSSR count). The second-order valence-corrected chi connectivity index (χ2v) is 10.2. The lowest BCUT2D eigenvalue weighted by molar-refractivity contribution is 0.0731. The molecule has 2 aromatic rings. The number of oxazole rings is 1. The summed E-state index contributed by atoms with van der Waals surface area (Å²) in [5.74, 6) is 0.972. The predicted octanol–water partition coefficient (Wildman–Crippen LogP) is 1.93. The third-order valence-corrected chi connectivity index (χ3v) is 8.51. The van der Waals surface area contributed by atoms with Crippen LogP contribution >= 0.6 is 0 Å². The van der Waals surface area contributed by atoms with Gasteiger partial charge in [-0.2, -0.15) is 4.31 Å². The molecule has 5 atom stereocenters. The zero-order chi connectivity index (χ0) is 20.5. The van der Waals surface area contributed by atoms with Gasteiger partial charge >= 0.3 is 0 Å². The summed E-state index contributed by atoms with van der Waals surface area (Å²) < 4.78 is 33.2. The molecular formula is C20H23N3O5S. The summed E-state index contributed by atoms with van der Waals surface area (Å²) in [6.07, 6.45) is 1.27. The third kappa shape index (κ3) is 2.83. The average molecular weight is 417 g/mol. The molecular weight excluding hydrogens is 394 g/mol. The molecule has 2 N–H and O–H groups in total. The fourth-order valence-electron chi connectivity index (χ4n) is 5.41. The molecule has 154 valence electrons. The Kier molecular flexibility index (Phi) is 4.13. The summed E-state index contributed by atoms with van der Waals surface area (Å²) in [5, 5.41) is 13.2. The van der Waals surface area contributed by atoms with E-state index < -0.39 is 22.0 Å². The van der Waals surface area contributed by atoms with Crippen molar-refractivity contribution in [2.24, 2.45) is 17.8 Å². The summed E-state index contributed by atoms with van der Waals surface area (Å²) >= 11 is 0. The first kappa shape index (κ1) is 18.8. The minimum Gasteiger partial charge on any atom is -0.436 e. The number of carbonyl (C=O) groups excluding carboxylic acids is 1. The molecule has 0 spiro atoms. The number of nitrogens with one attached hydrogen (secondary N) is 1. The molecule has 2 aliphatic carbocycles. The highest BCUT2D eigenvalue weighted by Gasteiger charge is 2.61. The molecule has 3 aliphatic rings. The predicted molar refractivity (Wildman–Crippen MR) is 104 cm³/mol. The highest BCUT2D eigenvalue weighted by atomic mass is 32.2. The van der Waals surface area contributed by atoms with E-state index in [2.05, 4.69) is 10.3 Å². The lowest BCUT2D eigenvalue weighted by Gasteiger charge is -2.28. The number of fused-ring (bicyclic) bond motifs is 1. The Labute approximate surface area is 169 Å². The fraction of sp³-hybridized carbons (Fsp3) is 0.500. The van der Waals surface area contributed by atoms with Gasteiger partial charge in [0.05, 0.1) is 22.7 Å². The second kappa shape index (κ2) is 6.38. The molecule has 1 aliphatic heterocycles. The molecule has 8 nitrogen and oxygen atoms in total. The van der Waals surface area contributed by atoms with Gasteiger partial charge in [0, 0.05) is 19.2 Å². The number of hydrogen-bond donors (Lipinski definition) is 2. The zero-order valence-corrected chi connectivity index (χ0v) is 17.0. The van der Waals surface area contributed by atoms with Crippen LogP contribution in [0.1, 0.15) is 35.0 Å². The van der Waals surface area contributed by atoms with Crippen LogP contribution < -0.4 is 5.32 Å². The number of amides is 1. The van der Waals surface area contributed by atoms with Crippen LogP contribution in [-0.4, -0.2) is 47.4 Å². The van der Waals surface area contributed by atoms with Gasteiger partial charge in [0.25, 0.3) is 5.91 Å². The van der Waals surface area contributed by atoms with Crippen molar-refractivity contribution in [2.75, 3.05) is 11.9 Å². The van der Waals surface area contributed by atoms with E-state index in [-0.39, 0.29) is 28.5 Å². The maximum Gasteiger partial charge on any atom is 0.293 e. The number of aliphatic hydroxyl groups excluding tert-OH is 1. The van der Waals surface area contributed by atoms with Gasteiger partial charge in [0.15, 0.2) is 5.89 Å². The van der Waals surface area contributed by atoms with Crippen molar-refractivity contribution >= 4 is 21.6 Å². The maximum absolute atomic E-state index is 13.2. The first-order valence-electron chi connectivity index (χ1n) is 9.81. The largest absolute Gasteiger partial charge is 0.436 e. The zero-order valence-electron chi connectivity index (χ0n) is 16.2. The van der Waals surface area contributed by atoms with E-state index in [9.17, 15) is 18.3 Å². The summed E-state index contributed by atoms with van der Waals surface area (Å²) in [7, 11) is -3.70. The van der Waals surface area contributed by atoms with Crippen LogP contribution in [0.25, 0.3) is 0 Å². The average Bonchev–Trinajstić information content (AvgIpc) is 3.37. The van der Waals surface area contributed by atoms with Crippen molar-refractivity contribution in [3.05, 3.63) is 41.6 Å². The molecule has 5 unspecified atom stereocenters. The molecule has 9 heteroatoms. The molecule has 3 fully saturated rings. The summed E-state index contributed by atoms with van der Waals surface area (Å²) in [6, 6.07) is 5.79. The van der Waals surface area contributed by atoms with Crippen molar-refractivity contribution in [3.8, 4) is 0 Å². The maximum atomic E-state index is 13.2. The van der Waals surface area contributed by atoms with Gasteiger partial charge < -0.3 is 14.8 Å². The van der Waals surface area contributed by atoms with E-state index in [0.717, 1.165) is 12.8 Å². The normalized spacial score (nSPS) is 30.8. The van der Waals surface area contributed by atoms with E-state index in [1.807, 2.05) is 0 Å². The van der Waals surface area contributed by atoms with Crippen molar-refractivity contribution in [1.82, 2.24) is 9.29 Å². The molecule has 2 heterocycles. The highest BCUT2D eigenvalue weighted by Crippen LogP contribution is 2.56. The Morgan fingerprint density at radius 2 is 1.93 bits per heavy atom. The highest BCUT2D eigenvalue weighted by molar-refractivity contribution is 7.89. The van der Waals surface area contributed by atoms with Gasteiger partial charge in [-0.1, -0.05) is 0 Å².